The lowest BCUT2D eigenvalue weighted by atomic mass is 10.1. The quantitative estimate of drug-likeness (QED) is 0.493. The first-order valence-electron chi connectivity index (χ1n) is 10.7. The molecule has 9 nitrogen and oxygen atoms in total. The molecule has 32 heavy (non-hydrogen) atoms. The molecule has 0 bridgehead atoms. The molecule has 3 aromatic rings. The van der Waals surface area contributed by atoms with E-state index in [2.05, 4.69) is 4.98 Å². The standard InChI is InChI=1S/C21H20FN3O6S/c1-24(19(21(28)29)10-20(26)27)12-14-9-18(16-6-2-3-7-17(16)22)25(13-14)32(30,31)15-5-4-8-23-11-15/h2-9,11,13,19H,10,12H2,1H3,(H,26,27)(H,28,29)/i1D3. The molecule has 0 aliphatic carbocycles. The number of halogens is 1. The topological polar surface area (TPSA) is 130 Å². The van der Waals surface area contributed by atoms with Gasteiger partial charge in [0.2, 0.25) is 0 Å². The lowest BCUT2D eigenvalue weighted by Gasteiger charge is -2.22. The Morgan fingerprint density at radius 2 is 2.00 bits per heavy atom. The summed E-state index contributed by atoms with van der Waals surface area (Å²) >= 11 is 0. The number of rotatable bonds is 9. The van der Waals surface area contributed by atoms with Crippen LogP contribution in [0.4, 0.5) is 4.39 Å². The molecule has 0 aliphatic rings. The Labute approximate surface area is 187 Å². The second kappa shape index (κ2) is 9.28. The zero-order valence-electron chi connectivity index (χ0n) is 19.4. The molecule has 0 amide bonds. The number of likely N-dealkylation sites (N-methyl/N-ethyl adjacent to an activating group) is 1. The van der Waals surface area contributed by atoms with Crippen LogP contribution in [-0.2, 0) is 26.2 Å². The van der Waals surface area contributed by atoms with Gasteiger partial charge in [0, 0.05) is 34.8 Å². The Bertz CT molecular complexity index is 1350. The van der Waals surface area contributed by atoms with Gasteiger partial charge in [-0.15, -0.1) is 0 Å². The van der Waals surface area contributed by atoms with Crippen molar-refractivity contribution in [2.24, 2.45) is 0 Å². The van der Waals surface area contributed by atoms with Crippen molar-refractivity contribution >= 4 is 22.0 Å². The predicted molar refractivity (Wildman–Crippen MR) is 112 cm³/mol. The van der Waals surface area contributed by atoms with Crippen LogP contribution in [0.1, 0.15) is 16.1 Å². The molecule has 1 unspecified atom stereocenters. The van der Waals surface area contributed by atoms with Gasteiger partial charge in [0.1, 0.15) is 16.8 Å². The van der Waals surface area contributed by atoms with Gasteiger partial charge >= 0.3 is 11.9 Å². The summed E-state index contributed by atoms with van der Waals surface area (Å²) in [6.45, 7) is -3.70. The summed E-state index contributed by atoms with van der Waals surface area (Å²) in [5.41, 5.74) is -0.243. The molecule has 0 radical (unpaired) electrons. The van der Waals surface area contributed by atoms with Gasteiger partial charge in [0.25, 0.3) is 10.0 Å². The molecular weight excluding hydrogens is 441 g/mol. The van der Waals surface area contributed by atoms with Crippen LogP contribution in [0.5, 0.6) is 0 Å². The molecule has 2 heterocycles. The zero-order valence-corrected chi connectivity index (χ0v) is 17.2. The third kappa shape index (κ3) is 4.84. The highest BCUT2D eigenvalue weighted by Crippen LogP contribution is 2.29. The van der Waals surface area contributed by atoms with E-state index in [-0.39, 0.29) is 21.7 Å². The Hall–Kier alpha value is -3.57. The number of hydrogen-bond acceptors (Lipinski definition) is 6. The Morgan fingerprint density at radius 3 is 2.59 bits per heavy atom. The maximum absolute atomic E-state index is 14.6. The first-order chi connectivity index (χ1) is 16.3. The Balaban J connectivity index is 2.18. The van der Waals surface area contributed by atoms with Crippen LogP contribution in [0.2, 0.25) is 0 Å². The van der Waals surface area contributed by atoms with Crippen molar-refractivity contribution in [2.75, 3.05) is 6.98 Å². The first-order valence-corrected chi connectivity index (χ1v) is 10.6. The first kappa shape index (κ1) is 19.1. The van der Waals surface area contributed by atoms with E-state index in [0.29, 0.717) is 4.90 Å². The maximum Gasteiger partial charge on any atom is 0.321 e. The van der Waals surface area contributed by atoms with Gasteiger partial charge in [-0.25, -0.2) is 16.8 Å². The average molecular weight is 464 g/mol. The van der Waals surface area contributed by atoms with Crippen molar-refractivity contribution in [3.8, 4) is 11.3 Å². The average Bonchev–Trinajstić information content (AvgIpc) is 3.20. The van der Waals surface area contributed by atoms with Crippen LogP contribution in [0.25, 0.3) is 11.3 Å². The minimum atomic E-state index is -4.32. The molecule has 0 saturated carbocycles. The fourth-order valence-electron chi connectivity index (χ4n) is 3.06. The minimum absolute atomic E-state index is 0.00322. The van der Waals surface area contributed by atoms with E-state index in [1.807, 2.05) is 0 Å². The smallest absolute Gasteiger partial charge is 0.321 e. The van der Waals surface area contributed by atoms with E-state index in [4.69, 9.17) is 9.22 Å². The van der Waals surface area contributed by atoms with Gasteiger partial charge in [-0.1, -0.05) is 12.1 Å². The molecule has 0 saturated heterocycles. The van der Waals surface area contributed by atoms with Crippen LogP contribution in [0, 0.1) is 5.82 Å². The molecule has 0 fully saturated rings. The molecule has 2 N–H and O–H groups in total. The number of carboxylic acids is 2. The molecule has 2 aromatic heterocycles. The fourth-order valence-corrected chi connectivity index (χ4v) is 4.42. The zero-order chi connectivity index (χ0) is 26.0. The number of aromatic nitrogens is 2. The van der Waals surface area contributed by atoms with Crippen LogP contribution in [0.15, 0.2) is 66.0 Å². The fraction of sp³-hybridized carbons (Fsp3) is 0.190. The highest BCUT2D eigenvalue weighted by Gasteiger charge is 2.28. The largest absolute Gasteiger partial charge is 0.481 e. The van der Waals surface area contributed by atoms with Gasteiger partial charge in [0.15, 0.2) is 0 Å². The van der Waals surface area contributed by atoms with E-state index in [9.17, 15) is 27.5 Å². The molecule has 3 rings (SSSR count). The summed E-state index contributed by atoms with van der Waals surface area (Å²) in [6, 6.07) is 7.27. The molecule has 1 atom stereocenters. The molecule has 0 spiro atoms. The monoisotopic (exact) mass is 464 g/mol. The number of carbonyl (C=O) groups is 2. The number of carboxylic acid groups (broad SMARTS) is 2. The van der Waals surface area contributed by atoms with Crippen LogP contribution in [0.3, 0.4) is 0 Å². The van der Waals surface area contributed by atoms with E-state index in [0.717, 1.165) is 22.4 Å². The lowest BCUT2D eigenvalue weighted by molar-refractivity contribution is -0.149. The molecular formula is C21H20FN3O6S. The van der Waals surface area contributed by atoms with E-state index < -0.39 is 53.8 Å². The summed E-state index contributed by atoms with van der Waals surface area (Å²) in [5.74, 6) is -3.96. The summed E-state index contributed by atoms with van der Waals surface area (Å²) in [4.78, 5) is 26.9. The van der Waals surface area contributed by atoms with Gasteiger partial charge in [-0.2, -0.15) is 0 Å². The highest BCUT2D eigenvalue weighted by atomic mass is 32.2. The van der Waals surface area contributed by atoms with Crippen LogP contribution >= 0.6 is 0 Å². The van der Waals surface area contributed by atoms with Crippen LogP contribution < -0.4 is 0 Å². The van der Waals surface area contributed by atoms with Crippen molar-refractivity contribution in [1.29, 1.82) is 0 Å². The van der Waals surface area contributed by atoms with Crippen molar-refractivity contribution in [2.45, 2.75) is 23.9 Å². The summed E-state index contributed by atoms with van der Waals surface area (Å²) < 4.78 is 65.2. The molecule has 168 valence electrons. The molecule has 1 aromatic carbocycles. The SMILES string of the molecule is [2H]C([2H])([2H])N(Cc1cc(-c2ccccc2F)n(S(=O)(=O)c2cccnc2)c1)C(CC(=O)O)C(=O)O. The third-order valence-corrected chi connectivity index (χ3v) is 6.22. The number of aliphatic carboxylic acids is 2. The van der Waals surface area contributed by atoms with Gasteiger partial charge in [0.05, 0.1) is 12.1 Å². The van der Waals surface area contributed by atoms with Crippen LogP contribution in [-0.4, -0.2) is 57.4 Å². The number of pyridine rings is 1. The lowest BCUT2D eigenvalue weighted by Crippen LogP contribution is -2.39. The highest BCUT2D eigenvalue weighted by molar-refractivity contribution is 7.90. The Kier molecular flexibility index (Phi) is 5.55. The van der Waals surface area contributed by atoms with Crippen molar-refractivity contribution in [3.63, 3.8) is 0 Å². The van der Waals surface area contributed by atoms with E-state index in [1.165, 1.54) is 42.6 Å². The van der Waals surface area contributed by atoms with Crippen molar-refractivity contribution < 1.29 is 36.7 Å². The second-order valence-electron chi connectivity index (χ2n) is 6.78. The third-order valence-electron chi connectivity index (χ3n) is 4.57. The maximum atomic E-state index is 14.6. The molecule has 11 heteroatoms. The second-order valence-corrected chi connectivity index (χ2v) is 8.60. The van der Waals surface area contributed by atoms with Gasteiger partial charge in [-0.3, -0.25) is 19.5 Å². The van der Waals surface area contributed by atoms with Gasteiger partial charge in [-0.05, 0) is 42.9 Å². The number of benzene rings is 1. The van der Waals surface area contributed by atoms with Crippen molar-refractivity contribution in [3.05, 3.63) is 72.4 Å². The van der Waals surface area contributed by atoms with E-state index >= 15 is 0 Å². The number of nitrogens with zero attached hydrogens (tertiary/aromatic N) is 3. The normalized spacial score (nSPS) is 14.4. The predicted octanol–water partition coefficient (Wildman–Crippen LogP) is 2.29. The minimum Gasteiger partial charge on any atom is -0.481 e. The summed E-state index contributed by atoms with van der Waals surface area (Å²) in [5, 5.41) is 18.5. The van der Waals surface area contributed by atoms with E-state index in [1.54, 1.807) is 0 Å². The summed E-state index contributed by atoms with van der Waals surface area (Å²) in [7, 11) is -4.32. The van der Waals surface area contributed by atoms with Crippen molar-refractivity contribution in [1.82, 2.24) is 13.9 Å². The van der Waals surface area contributed by atoms with Gasteiger partial charge < -0.3 is 10.2 Å². The Morgan fingerprint density at radius 1 is 1.25 bits per heavy atom. The molecule has 0 aliphatic heterocycles. The summed E-state index contributed by atoms with van der Waals surface area (Å²) in [6.07, 6.45) is 2.48. The number of hydrogen-bond donors (Lipinski definition) is 2.